The highest BCUT2D eigenvalue weighted by Crippen LogP contribution is 2.37. The van der Waals surface area contributed by atoms with Crippen molar-refractivity contribution in [1.29, 1.82) is 0 Å². The Balaban J connectivity index is 1.92. The van der Waals surface area contributed by atoms with E-state index < -0.39 is 11.4 Å². The second kappa shape index (κ2) is 6.55. The van der Waals surface area contributed by atoms with Gasteiger partial charge in [-0.2, -0.15) is 0 Å². The van der Waals surface area contributed by atoms with E-state index in [1.807, 2.05) is 30.3 Å². The van der Waals surface area contributed by atoms with Crippen molar-refractivity contribution in [1.82, 2.24) is 0 Å². The standard InChI is InChI=1S/C16H21NO3/c1-13-7-9-16(10-8-13,15(18)19)12-17-20-11-14-5-3-2-4-6-14/h2-6,12-13H,7-11H2,1H3,(H,18,19)/b17-12+. The van der Waals surface area contributed by atoms with Crippen LogP contribution in [0.2, 0.25) is 0 Å². The molecule has 1 aliphatic carbocycles. The lowest BCUT2D eigenvalue weighted by Crippen LogP contribution is -2.36. The van der Waals surface area contributed by atoms with Gasteiger partial charge in [0.05, 0.1) is 6.21 Å². The Kier molecular flexibility index (Phi) is 4.77. The second-order valence-corrected chi connectivity index (χ2v) is 5.64. The van der Waals surface area contributed by atoms with Crippen LogP contribution < -0.4 is 0 Å². The summed E-state index contributed by atoms with van der Waals surface area (Å²) in [6.45, 7) is 2.53. The Hall–Kier alpha value is -1.84. The highest BCUT2D eigenvalue weighted by molar-refractivity contribution is 5.93. The first-order chi connectivity index (χ1) is 9.62. The fourth-order valence-corrected chi connectivity index (χ4v) is 2.50. The lowest BCUT2D eigenvalue weighted by molar-refractivity contribution is -0.146. The number of hydrogen-bond donors (Lipinski definition) is 1. The molecule has 0 aliphatic heterocycles. The van der Waals surface area contributed by atoms with Crippen molar-refractivity contribution >= 4 is 12.2 Å². The summed E-state index contributed by atoms with van der Waals surface area (Å²) in [5.74, 6) is -0.197. The maximum absolute atomic E-state index is 11.5. The topological polar surface area (TPSA) is 58.9 Å². The molecule has 1 aliphatic rings. The fraction of sp³-hybridized carbons (Fsp3) is 0.500. The van der Waals surface area contributed by atoms with Gasteiger partial charge in [0.15, 0.2) is 0 Å². The molecular formula is C16H21NO3. The number of nitrogens with zero attached hydrogens (tertiary/aromatic N) is 1. The number of carbonyl (C=O) groups is 1. The normalized spacial score (nSPS) is 26.6. The number of rotatable bonds is 5. The Morgan fingerprint density at radius 1 is 1.40 bits per heavy atom. The monoisotopic (exact) mass is 275 g/mol. The molecule has 0 amide bonds. The molecule has 20 heavy (non-hydrogen) atoms. The van der Waals surface area contributed by atoms with E-state index >= 15 is 0 Å². The third-order valence-electron chi connectivity index (χ3n) is 4.04. The molecule has 0 radical (unpaired) electrons. The quantitative estimate of drug-likeness (QED) is 0.661. The zero-order chi connectivity index (χ0) is 14.4. The van der Waals surface area contributed by atoms with Gasteiger partial charge in [-0.15, -0.1) is 0 Å². The summed E-state index contributed by atoms with van der Waals surface area (Å²) >= 11 is 0. The summed E-state index contributed by atoms with van der Waals surface area (Å²) in [4.78, 5) is 16.7. The smallest absolute Gasteiger partial charge is 0.315 e. The van der Waals surface area contributed by atoms with Gasteiger partial charge in [0.2, 0.25) is 0 Å². The number of carboxylic acids is 1. The van der Waals surface area contributed by atoms with Crippen molar-refractivity contribution in [2.45, 2.75) is 39.2 Å². The highest BCUT2D eigenvalue weighted by atomic mass is 16.6. The second-order valence-electron chi connectivity index (χ2n) is 5.64. The molecule has 0 spiro atoms. The van der Waals surface area contributed by atoms with E-state index in [0.29, 0.717) is 25.4 Å². The first kappa shape index (κ1) is 14.6. The van der Waals surface area contributed by atoms with Gasteiger partial charge in [-0.1, -0.05) is 42.4 Å². The van der Waals surface area contributed by atoms with E-state index in [4.69, 9.17) is 4.84 Å². The van der Waals surface area contributed by atoms with E-state index in [-0.39, 0.29) is 0 Å². The molecule has 4 heteroatoms. The number of benzene rings is 1. The van der Waals surface area contributed by atoms with E-state index in [0.717, 1.165) is 18.4 Å². The summed E-state index contributed by atoms with van der Waals surface area (Å²) in [7, 11) is 0. The summed E-state index contributed by atoms with van der Waals surface area (Å²) in [6.07, 6.45) is 4.63. The minimum Gasteiger partial charge on any atom is -0.481 e. The van der Waals surface area contributed by atoms with Gasteiger partial charge in [-0.25, -0.2) is 0 Å². The van der Waals surface area contributed by atoms with Crippen molar-refractivity contribution in [3.05, 3.63) is 35.9 Å². The van der Waals surface area contributed by atoms with Crippen LogP contribution in [0.4, 0.5) is 0 Å². The largest absolute Gasteiger partial charge is 0.481 e. The molecule has 108 valence electrons. The Labute approximate surface area is 119 Å². The maximum Gasteiger partial charge on any atom is 0.315 e. The third kappa shape index (κ3) is 3.59. The van der Waals surface area contributed by atoms with Crippen LogP contribution in [0.3, 0.4) is 0 Å². The zero-order valence-electron chi connectivity index (χ0n) is 11.8. The van der Waals surface area contributed by atoms with E-state index in [1.54, 1.807) is 0 Å². The van der Waals surface area contributed by atoms with E-state index in [9.17, 15) is 9.90 Å². The SMILES string of the molecule is CC1CCC(/C=N/OCc2ccccc2)(C(=O)O)CC1. The van der Waals surface area contributed by atoms with Crippen molar-refractivity contribution < 1.29 is 14.7 Å². The maximum atomic E-state index is 11.5. The molecule has 1 N–H and O–H groups in total. The molecule has 1 aromatic rings. The first-order valence-electron chi connectivity index (χ1n) is 7.06. The van der Waals surface area contributed by atoms with Crippen LogP contribution >= 0.6 is 0 Å². The van der Waals surface area contributed by atoms with Crippen molar-refractivity contribution in [3.63, 3.8) is 0 Å². The minimum atomic E-state index is -0.844. The third-order valence-corrected chi connectivity index (χ3v) is 4.04. The number of carboxylic acid groups (broad SMARTS) is 1. The van der Waals surface area contributed by atoms with Crippen LogP contribution in [0, 0.1) is 11.3 Å². The summed E-state index contributed by atoms with van der Waals surface area (Å²) < 4.78 is 0. The first-order valence-corrected chi connectivity index (χ1v) is 7.06. The molecule has 0 saturated heterocycles. The van der Waals surface area contributed by atoms with Gasteiger partial charge in [0, 0.05) is 0 Å². The summed E-state index contributed by atoms with van der Waals surface area (Å²) in [6, 6.07) is 9.71. The van der Waals surface area contributed by atoms with Crippen LogP contribution in [0.25, 0.3) is 0 Å². The van der Waals surface area contributed by atoms with Gasteiger partial charge in [0.1, 0.15) is 12.0 Å². The summed E-state index contributed by atoms with van der Waals surface area (Å²) in [5.41, 5.74) is 0.176. The molecule has 1 saturated carbocycles. The minimum absolute atomic E-state index is 0.365. The van der Waals surface area contributed by atoms with E-state index in [1.165, 1.54) is 6.21 Å². The Morgan fingerprint density at radius 3 is 2.65 bits per heavy atom. The van der Waals surface area contributed by atoms with E-state index in [2.05, 4.69) is 12.1 Å². The molecule has 0 bridgehead atoms. The van der Waals surface area contributed by atoms with Crippen LogP contribution in [-0.2, 0) is 16.2 Å². The molecule has 4 nitrogen and oxygen atoms in total. The van der Waals surface area contributed by atoms with Crippen molar-refractivity contribution in [2.24, 2.45) is 16.5 Å². The van der Waals surface area contributed by atoms with Gasteiger partial charge in [-0.05, 0) is 37.2 Å². The lowest BCUT2D eigenvalue weighted by atomic mass is 9.72. The molecule has 2 rings (SSSR count). The molecular weight excluding hydrogens is 254 g/mol. The molecule has 0 unspecified atom stereocenters. The van der Waals surface area contributed by atoms with Gasteiger partial charge in [-0.3, -0.25) is 4.79 Å². The average molecular weight is 275 g/mol. The summed E-state index contributed by atoms with van der Waals surface area (Å²) in [5, 5.41) is 13.3. The Bertz CT molecular complexity index is 462. The number of oxime groups is 1. The van der Waals surface area contributed by atoms with Crippen LogP contribution in [0.1, 0.15) is 38.2 Å². The van der Waals surface area contributed by atoms with Gasteiger partial charge in [0.25, 0.3) is 0 Å². The van der Waals surface area contributed by atoms with Crippen molar-refractivity contribution in [3.8, 4) is 0 Å². The molecule has 0 heterocycles. The lowest BCUT2D eigenvalue weighted by Gasteiger charge is -2.32. The predicted molar refractivity (Wildman–Crippen MR) is 77.4 cm³/mol. The number of hydrogen-bond acceptors (Lipinski definition) is 3. The zero-order valence-corrected chi connectivity index (χ0v) is 11.8. The van der Waals surface area contributed by atoms with Crippen LogP contribution in [0.5, 0.6) is 0 Å². The predicted octanol–water partition coefficient (Wildman–Crippen LogP) is 3.47. The van der Waals surface area contributed by atoms with Crippen LogP contribution in [0.15, 0.2) is 35.5 Å². The van der Waals surface area contributed by atoms with Gasteiger partial charge < -0.3 is 9.94 Å². The molecule has 0 aromatic heterocycles. The Morgan fingerprint density at radius 2 is 2.05 bits per heavy atom. The fourth-order valence-electron chi connectivity index (χ4n) is 2.50. The van der Waals surface area contributed by atoms with Crippen molar-refractivity contribution in [2.75, 3.05) is 0 Å². The molecule has 1 aromatic carbocycles. The molecule has 1 fully saturated rings. The number of aliphatic carboxylic acids is 1. The average Bonchev–Trinajstić information content (AvgIpc) is 2.47. The highest BCUT2D eigenvalue weighted by Gasteiger charge is 2.40. The molecule has 0 atom stereocenters. The van der Waals surface area contributed by atoms with Crippen LogP contribution in [-0.4, -0.2) is 17.3 Å². The van der Waals surface area contributed by atoms with Gasteiger partial charge >= 0.3 is 5.97 Å².